The zero-order valence-corrected chi connectivity index (χ0v) is 12.6. The van der Waals surface area contributed by atoms with E-state index in [1.165, 1.54) is 36.3 Å². The minimum absolute atomic E-state index is 0.814. The smallest absolute Gasteiger partial charge is 0.0396 e. The molecular formula is C15H22BrN. The Morgan fingerprint density at radius 2 is 1.88 bits per heavy atom. The van der Waals surface area contributed by atoms with Crippen molar-refractivity contribution >= 4 is 21.6 Å². The monoisotopic (exact) mass is 295 g/mol. The third-order valence-corrected chi connectivity index (χ3v) is 4.27. The molecule has 1 aromatic carbocycles. The second kappa shape index (κ2) is 5.43. The van der Waals surface area contributed by atoms with E-state index in [1.54, 1.807) is 0 Å². The second-order valence-corrected chi connectivity index (χ2v) is 6.17. The van der Waals surface area contributed by atoms with Gasteiger partial charge in [0.15, 0.2) is 0 Å². The van der Waals surface area contributed by atoms with Crippen molar-refractivity contribution in [2.75, 3.05) is 18.0 Å². The van der Waals surface area contributed by atoms with Gasteiger partial charge in [-0.3, -0.25) is 0 Å². The van der Waals surface area contributed by atoms with Crippen molar-refractivity contribution in [1.29, 1.82) is 0 Å². The third-order valence-electron chi connectivity index (χ3n) is 3.63. The molecule has 0 aromatic heterocycles. The van der Waals surface area contributed by atoms with Gasteiger partial charge >= 0.3 is 0 Å². The fourth-order valence-corrected chi connectivity index (χ4v) is 3.36. The van der Waals surface area contributed by atoms with Crippen molar-refractivity contribution < 1.29 is 0 Å². The molecule has 1 heterocycles. The molecule has 0 saturated carbocycles. The summed E-state index contributed by atoms with van der Waals surface area (Å²) in [7, 11) is 0. The number of piperidine rings is 1. The number of benzene rings is 1. The lowest BCUT2D eigenvalue weighted by atomic mass is 9.91. The maximum absolute atomic E-state index is 3.52. The van der Waals surface area contributed by atoms with E-state index in [9.17, 15) is 0 Å². The molecule has 0 spiro atoms. The van der Waals surface area contributed by atoms with E-state index < -0.39 is 0 Å². The van der Waals surface area contributed by atoms with Gasteiger partial charge in [-0.2, -0.15) is 0 Å². The molecule has 2 unspecified atom stereocenters. The van der Waals surface area contributed by atoms with Gasteiger partial charge < -0.3 is 4.90 Å². The number of halogens is 1. The summed E-state index contributed by atoms with van der Waals surface area (Å²) in [4.78, 5) is 2.56. The molecule has 1 nitrogen and oxygen atoms in total. The van der Waals surface area contributed by atoms with E-state index in [0.29, 0.717) is 0 Å². The highest BCUT2D eigenvalue weighted by atomic mass is 79.9. The molecule has 0 bridgehead atoms. The van der Waals surface area contributed by atoms with Crippen molar-refractivity contribution in [3.63, 3.8) is 0 Å². The summed E-state index contributed by atoms with van der Waals surface area (Å²) in [5.41, 5.74) is 4.20. The van der Waals surface area contributed by atoms with Crippen molar-refractivity contribution in [3.8, 4) is 0 Å². The van der Waals surface area contributed by atoms with E-state index in [4.69, 9.17) is 0 Å². The van der Waals surface area contributed by atoms with Crippen molar-refractivity contribution in [2.24, 2.45) is 11.8 Å². The van der Waals surface area contributed by atoms with Gasteiger partial charge in [0.2, 0.25) is 0 Å². The lowest BCUT2D eigenvalue weighted by molar-refractivity contribution is 0.356. The van der Waals surface area contributed by atoms with E-state index in [1.807, 2.05) is 0 Å². The zero-order valence-electron chi connectivity index (χ0n) is 11.0. The molecule has 0 radical (unpaired) electrons. The molecule has 1 aromatic rings. The zero-order chi connectivity index (χ0) is 12.4. The van der Waals surface area contributed by atoms with Crippen LogP contribution in [0.5, 0.6) is 0 Å². The van der Waals surface area contributed by atoms with Gasteiger partial charge in [-0.25, -0.2) is 0 Å². The SMILES string of the molecule is Cc1cc(CBr)ccc1N1CC(C)CC(C)C1. The Morgan fingerprint density at radius 3 is 2.41 bits per heavy atom. The van der Waals surface area contributed by atoms with Crippen LogP contribution in [0.15, 0.2) is 18.2 Å². The van der Waals surface area contributed by atoms with Gasteiger partial charge in [-0.05, 0) is 42.4 Å². The normalized spacial score (nSPS) is 25.1. The van der Waals surface area contributed by atoms with Gasteiger partial charge in [-0.1, -0.05) is 41.9 Å². The Morgan fingerprint density at radius 1 is 1.24 bits per heavy atom. The number of anilines is 1. The van der Waals surface area contributed by atoms with Crippen molar-refractivity contribution in [2.45, 2.75) is 32.5 Å². The minimum Gasteiger partial charge on any atom is -0.371 e. The average molecular weight is 296 g/mol. The summed E-state index contributed by atoms with van der Waals surface area (Å²) >= 11 is 3.52. The predicted molar refractivity (Wildman–Crippen MR) is 79.0 cm³/mol. The van der Waals surface area contributed by atoms with E-state index in [2.05, 4.69) is 59.8 Å². The molecule has 2 rings (SSSR count). The summed E-state index contributed by atoms with van der Waals surface area (Å²) in [6.45, 7) is 9.37. The Bertz CT molecular complexity index is 379. The molecule has 0 amide bonds. The maximum atomic E-state index is 3.52. The molecule has 1 aliphatic rings. The van der Waals surface area contributed by atoms with Crippen LogP contribution in [0.2, 0.25) is 0 Å². The topological polar surface area (TPSA) is 3.24 Å². The summed E-state index contributed by atoms with van der Waals surface area (Å²) in [6, 6.07) is 6.83. The van der Waals surface area contributed by atoms with Crippen LogP contribution in [0.1, 0.15) is 31.4 Å². The summed E-state index contributed by atoms with van der Waals surface area (Å²) in [6.07, 6.45) is 1.37. The quantitative estimate of drug-likeness (QED) is 0.732. The van der Waals surface area contributed by atoms with Gasteiger partial charge in [0.1, 0.15) is 0 Å². The fraction of sp³-hybridized carbons (Fsp3) is 0.600. The van der Waals surface area contributed by atoms with Crippen LogP contribution in [0.25, 0.3) is 0 Å². The number of nitrogens with zero attached hydrogens (tertiary/aromatic N) is 1. The molecule has 17 heavy (non-hydrogen) atoms. The Balaban J connectivity index is 2.21. The number of hydrogen-bond acceptors (Lipinski definition) is 1. The fourth-order valence-electron chi connectivity index (χ4n) is 3.02. The maximum Gasteiger partial charge on any atom is 0.0396 e. The van der Waals surface area contributed by atoms with E-state index >= 15 is 0 Å². The van der Waals surface area contributed by atoms with Crippen molar-refractivity contribution in [3.05, 3.63) is 29.3 Å². The van der Waals surface area contributed by atoms with Gasteiger partial charge in [0.25, 0.3) is 0 Å². The molecule has 0 N–H and O–H groups in total. The first kappa shape index (κ1) is 12.9. The van der Waals surface area contributed by atoms with Crippen LogP contribution in [0.3, 0.4) is 0 Å². The highest BCUT2D eigenvalue weighted by Crippen LogP contribution is 2.29. The first-order chi connectivity index (χ1) is 8.10. The number of hydrogen-bond donors (Lipinski definition) is 0. The third kappa shape index (κ3) is 3.04. The van der Waals surface area contributed by atoms with Crippen LogP contribution in [-0.4, -0.2) is 13.1 Å². The van der Waals surface area contributed by atoms with Gasteiger partial charge in [0, 0.05) is 24.1 Å². The largest absolute Gasteiger partial charge is 0.371 e. The number of aryl methyl sites for hydroxylation is 1. The lowest BCUT2D eigenvalue weighted by Crippen LogP contribution is -2.39. The predicted octanol–water partition coefficient (Wildman–Crippen LogP) is 4.37. The van der Waals surface area contributed by atoms with Gasteiger partial charge in [0.05, 0.1) is 0 Å². The van der Waals surface area contributed by atoms with Crippen LogP contribution in [0.4, 0.5) is 5.69 Å². The summed E-state index contributed by atoms with van der Waals surface area (Å²) in [5, 5.41) is 0.945. The molecule has 1 aliphatic heterocycles. The molecule has 1 fully saturated rings. The Kier molecular flexibility index (Phi) is 4.13. The van der Waals surface area contributed by atoms with E-state index in [0.717, 1.165) is 17.2 Å². The van der Waals surface area contributed by atoms with Crippen LogP contribution < -0.4 is 4.90 Å². The molecule has 0 aliphatic carbocycles. The minimum atomic E-state index is 0.814. The number of alkyl halides is 1. The standard InChI is InChI=1S/C15H22BrN/c1-11-6-12(2)10-17(9-11)15-5-4-14(8-16)7-13(15)3/h4-5,7,11-12H,6,8-10H2,1-3H3. The molecule has 1 saturated heterocycles. The molecule has 94 valence electrons. The van der Waals surface area contributed by atoms with Crippen LogP contribution >= 0.6 is 15.9 Å². The Labute approximate surface area is 113 Å². The molecular weight excluding hydrogens is 274 g/mol. The second-order valence-electron chi connectivity index (χ2n) is 5.61. The van der Waals surface area contributed by atoms with Crippen LogP contribution in [-0.2, 0) is 5.33 Å². The number of rotatable bonds is 2. The molecule has 2 atom stereocenters. The van der Waals surface area contributed by atoms with E-state index in [-0.39, 0.29) is 0 Å². The average Bonchev–Trinajstić information content (AvgIpc) is 2.27. The van der Waals surface area contributed by atoms with Gasteiger partial charge in [-0.15, -0.1) is 0 Å². The highest BCUT2D eigenvalue weighted by molar-refractivity contribution is 9.08. The first-order valence-corrected chi connectivity index (χ1v) is 7.62. The lowest BCUT2D eigenvalue weighted by Gasteiger charge is -2.37. The highest BCUT2D eigenvalue weighted by Gasteiger charge is 2.22. The van der Waals surface area contributed by atoms with Crippen LogP contribution in [0, 0.1) is 18.8 Å². The van der Waals surface area contributed by atoms with Crippen molar-refractivity contribution in [1.82, 2.24) is 0 Å². The first-order valence-electron chi connectivity index (χ1n) is 6.50. The summed E-state index contributed by atoms with van der Waals surface area (Å²) in [5.74, 6) is 1.63. The Hall–Kier alpha value is -0.500. The summed E-state index contributed by atoms with van der Waals surface area (Å²) < 4.78 is 0. The molecule has 2 heteroatoms.